The first-order chi connectivity index (χ1) is 18.4. The second kappa shape index (κ2) is 13.1. The van der Waals surface area contributed by atoms with Gasteiger partial charge in [-0.15, -0.1) is 6.58 Å². The second-order valence-corrected chi connectivity index (χ2v) is 9.36. The molecule has 1 aliphatic heterocycles. The van der Waals surface area contributed by atoms with Crippen molar-refractivity contribution in [2.45, 2.75) is 51.2 Å². The van der Waals surface area contributed by atoms with Crippen LogP contribution in [0.25, 0.3) is 22.3 Å². The van der Waals surface area contributed by atoms with Crippen molar-refractivity contribution < 1.29 is 31.8 Å². The maximum absolute atomic E-state index is 15.1. The third-order valence-corrected chi connectivity index (χ3v) is 6.68. The molecule has 0 bridgehead atoms. The number of ether oxygens (including phenoxy) is 3. The standard InChI is InChI=1S/C31H32F4O3/c1-3-5-7-17-36-26-16-15-24(30(34)31(26)35)21-11-9-20(10-12-21)23-13-14-25(29(33)28(23)32)22-18-37-27(38-19-22)8-6-4-2/h4,9-16,22,27H,2-3,5-8,17-19H2,1H3. The molecule has 38 heavy (non-hydrogen) atoms. The maximum atomic E-state index is 15.1. The quantitative estimate of drug-likeness (QED) is 0.142. The van der Waals surface area contributed by atoms with Crippen molar-refractivity contribution in [3.8, 4) is 28.0 Å². The van der Waals surface area contributed by atoms with E-state index in [1.165, 1.54) is 24.3 Å². The minimum absolute atomic E-state index is 0.0562. The Hall–Kier alpha value is -3.16. The lowest BCUT2D eigenvalue weighted by molar-refractivity contribution is -0.189. The molecule has 0 spiro atoms. The summed E-state index contributed by atoms with van der Waals surface area (Å²) in [6.45, 7) is 6.49. The Labute approximate surface area is 221 Å². The van der Waals surface area contributed by atoms with Crippen molar-refractivity contribution in [2.75, 3.05) is 19.8 Å². The lowest BCUT2D eigenvalue weighted by atomic mass is 9.94. The van der Waals surface area contributed by atoms with Crippen molar-refractivity contribution in [3.63, 3.8) is 0 Å². The molecule has 1 fully saturated rings. The van der Waals surface area contributed by atoms with E-state index >= 15 is 8.78 Å². The second-order valence-electron chi connectivity index (χ2n) is 9.36. The van der Waals surface area contributed by atoms with Crippen LogP contribution in [0.5, 0.6) is 5.75 Å². The average molecular weight is 529 g/mol. The molecule has 0 atom stereocenters. The molecule has 3 aromatic rings. The van der Waals surface area contributed by atoms with Crippen LogP contribution in [0.1, 0.15) is 50.5 Å². The van der Waals surface area contributed by atoms with E-state index in [0.717, 1.165) is 25.7 Å². The van der Waals surface area contributed by atoms with Gasteiger partial charge in [-0.05, 0) is 41.7 Å². The van der Waals surface area contributed by atoms with Crippen molar-refractivity contribution in [1.82, 2.24) is 0 Å². The van der Waals surface area contributed by atoms with Crippen LogP contribution in [-0.2, 0) is 9.47 Å². The van der Waals surface area contributed by atoms with E-state index in [1.807, 2.05) is 6.92 Å². The van der Waals surface area contributed by atoms with E-state index in [0.29, 0.717) is 24.2 Å². The molecule has 1 heterocycles. The Kier molecular flexibility index (Phi) is 9.58. The van der Waals surface area contributed by atoms with E-state index in [2.05, 4.69) is 6.58 Å². The number of unbranched alkanes of at least 4 members (excludes halogenated alkanes) is 2. The third kappa shape index (κ3) is 6.27. The van der Waals surface area contributed by atoms with Gasteiger partial charge in [0.2, 0.25) is 5.82 Å². The van der Waals surface area contributed by atoms with Crippen molar-refractivity contribution in [1.29, 1.82) is 0 Å². The predicted molar refractivity (Wildman–Crippen MR) is 140 cm³/mol. The first-order valence-electron chi connectivity index (χ1n) is 13.0. The summed E-state index contributed by atoms with van der Waals surface area (Å²) in [6, 6.07) is 12.1. The molecule has 3 nitrogen and oxygen atoms in total. The minimum Gasteiger partial charge on any atom is -0.490 e. The normalized spacial score (nSPS) is 17.4. The van der Waals surface area contributed by atoms with E-state index < -0.39 is 29.2 Å². The van der Waals surface area contributed by atoms with E-state index in [9.17, 15) is 8.78 Å². The van der Waals surface area contributed by atoms with Crippen LogP contribution in [0.15, 0.2) is 61.2 Å². The highest BCUT2D eigenvalue weighted by Gasteiger charge is 2.27. The molecule has 0 N–H and O–H groups in total. The van der Waals surface area contributed by atoms with Crippen molar-refractivity contribution in [2.24, 2.45) is 0 Å². The molecule has 0 aliphatic carbocycles. The Morgan fingerprint density at radius 2 is 1.42 bits per heavy atom. The highest BCUT2D eigenvalue weighted by molar-refractivity contribution is 5.72. The number of benzene rings is 3. The van der Waals surface area contributed by atoms with Gasteiger partial charge in [-0.1, -0.05) is 62.2 Å². The Balaban J connectivity index is 1.48. The number of allylic oxidation sites excluding steroid dienone is 1. The SMILES string of the molecule is C=CCCC1OCC(c2ccc(-c3ccc(-c4ccc(OCCCCC)c(F)c4F)cc3)c(F)c2F)CO1. The van der Waals surface area contributed by atoms with Crippen molar-refractivity contribution >= 4 is 0 Å². The zero-order valence-corrected chi connectivity index (χ0v) is 21.5. The van der Waals surface area contributed by atoms with E-state index in [4.69, 9.17) is 14.2 Å². The molecule has 7 heteroatoms. The summed E-state index contributed by atoms with van der Waals surface area (Å²) in [4.78, 5) is 0. The summed E-state index contributed by atoms with van der Waals surface area (Å²) in [5.74, 6) is -4.54. The molecular formula is C31H32F4O3. The molecule has 0 saturated carbocycles. The average Bonchev–Trinajstić information content (AvgIpc) is 2.94. The molecule has 0 radical (unpaired) electrons. The first kappa shape index (κ1) is 27.9. The molecule has 1 aliphatic rings. The zero-order chi connectivity index (χ0) is 27.1. The highest BCUT2D eigenvalue weighted by Crippen LogP contribution is 2.34. The van der Waals surface area contributed by atoms with Gasteiger partial charge in [0.15, 0.2) is 29.5 Å². The van der Waals surface area contributed by atoms with Crippen LogP contribution in [-0.4, -0.2) is 26.1 Å². The summed E-state index contributed by atoms with van der Waals surface area (Å²) in [5.41, 5.74) is 1.14. The molecule has 202 valence electrons. The Morgan fingerprint density at radius 3 is 2.03 bits per heavy atom. The van der Waals surface area contributed by atoms with Gasteiger partial charge in [0, 0.05) is 23.5 Å². The lowest BCUT2D eigenvalue weighted by Crippen LogP contribution is -2.31. The van der Waals surface area contributed by atoms with Gasteiger partial charge in [0.25, 0.3) is 0 Å². The Morgan fingerprint density at radius 1 is 0.816 bits per heavy atom. The largest absolute Gasteiger partial charge is 0.490 e. The number of hydrogen-bond acceptors (Lipinski definition) is 3. The van der Waals surface area contributed by atoms with Gasteiger partial charge in [0.05, 0.1) is 19.8 Å². The topological polar surface area (TPSA) is 27.7 Å². The van der Waals surface area contributed by atoms with Crippen molar-refractivity contribution in [3.05, 3.63) is 90.0 Å². The van der Waals surface area contributed by atoms with Gasteiger partial charge in [0.1, 0.15) is 0 Å². The fraction of sp³-hybridized carbons (Fsp3) is 0.355. The van der Waals surface area contributed by atoms with Crippen LogP contribution >= 0.6 is 0 Å². The summed E-state index contributed by atoms with van der Waals surface area (Å²) >= 11 is 0. The number of hydrogen-bond donors (Lipinski definition) is 0. The number of rotatable bonds is 11. The monoisotopic (exact) mass is 528 g/mol. The van der Waals surface area contributed by atoms with Crippen LogP contribution in [0.4, 0.5) is 17.6 Å². The van der Waals surface area contributed by atoms with E-state index in [1.54, 1.807) is 30.3 Å². The maximum Gasteiger partial charge on any atom is 0.201 e. The van der Waals surface area contributed by atoms with Crippen LogP contribution in [0, 0.1) is 23.3 Å². The zero-order valence-electron chi connectivity index (χ0n) is 21.5. The lowest BCUT2D eigenvalue weighted by Gasteiger charge is -2.30. The predicted octanol–water partition coefficient (Wildman–Crippen LogP) is 8.57. The molecule has 0 aromatic heterocycles. The molecule has 0 amide bonds. The first-order valence-corrected chi connectivity index (χ1v) is 13.0. The van der Waals surface area contributed by atoms with Gasteiger partial charge in [-0.3, -0.25) is 0 Å². The van der Waals surface area contributed by atoms with Gasteiger partial charge >= 0.3 is 0 Å². The third-order valence-electron chi connectivity index (χ3n) is 6.68. The molecular weight excluding hydrogens is 496 g/mol. The Bertz CT molecular complexity index is 1230. The van der Waals surface area contributed by atoms with Crippen LogP contribution in [0.3, 0.4) is 0 Å². The molecule has 1 saturated heterocycles. The molecule has 4 rings (SSSR count). The van der Waals surface area contributed by atoms with Gasteiger partial charge in [-0.25, -0.2) is 13.2 Å². The molecule has 3 aromatic carbocycles. The fourth-order valence-corrected chi connectivity index (χ4v) is 4.48. The summed E-state index contributed by atoms with van der Waals surface area (Å²) in [5, 5.41) is 0. The van der Waals surface area contributed by atoms with E-state index in [-0.39, 0.29) is 41.9 Å². The van der Waals surface area contributed by atoms with Gasteiger partial charge in [-0.2, -0.15) is 4.39 Å². The minimum atomic E-state index is -1.05. The number of halogens is 4. The molecule has 0 unspecified atom stereocenters. The van der Waals surface area contributed by atoms with Gasteiger partial charge < -0.3 is 14.2 Å². The summed E-state index contributed by atoms with van der Waals surface area (Å²) < 4.78 is 76.1. The van der Waals surface area contributed by atoms with Crippen LogP contribution in [0.2, 0.25) is 0 Å². The summed E-state index contributed by atoms with van der Waals surface area (Å²) in [7, 11) is 0. The highest BCUT2D eigenvalue weighted by atomic mass is 19.2. The van der Waals surface area contributed by atoms with Crippen LogP contribution < -0.4 is 4.74 Å². The smallest absolute Gasteiger partial charge is 0.201 e. The summed E-state index contributed by atoms with van der Waals surface area (Å²) in [6.07, 6.45) is 5.51. The fourth-order valence-electron chi connectivity index (χ4n) is 4.48.